The van der Waals surface area contributed by atoms with E-state index in [2.05, 4.69) is 20.6 Å². The molecule has 2 aromatic heterocycles. The molecular formula is C19H13Cl2N5O. The number of benzene rings is 2. The summed E-state index contributed by atoms with van der Waals surface area (Å²) in [6, 6.07) is 12.9. The molecule has 1 amide bonds. The van der Waals surface area contributed by atoms with Crippen molar-refractivity contribution in [3.8, 4) is 0 Å². The SMILES string of the molecule is O=C(/C=C/c1nnc2c3ccccc3cnn12)NCc1ccc(Cl)cc1Cl. The number of amides is 1. The van der Waals surface area contributed by atoms with E-state index in [4.69, 9.17) is 23.2 Å². The zero-order chi connectivity index (χ0) is 18.8. The van der Waals surface area contributed by atoms with E-state index < -0.39 is 0 Å². The van der Waals surface area contributed by atoms with Gasteiger partial charge in [-0.15, -0.1) is 10.2 Å². The lowest BCUT2D eigenvalue weighted by Gasteiger charge is -2.05. The molecule has 1 N–H and O–H groups in total. The van der Waals surface area contributed by atoms with Crippen molar-refractivity contribution < 1.29 is 4.79 Å². The first-order valence-corrected chi connectivity index (χ1v) is 8.86. The minimum atomic E-state index is -0.279. The molecule has 0 aliphatic heterocycles. The Morgan fingerprint density at radius 1 is 1.15 bits per heavy atom. The molecule has 0 aliphatic carbocycles. The van der Waals surface area contributed by atoms with Gasteiger partial charge in [0.25, 0.3) is 0 Å². The van der Waals surface area contributed by atoms with Crippen LogP contribution in [0.3, 0.4) is 0 Å². The first-order valence-electron chi connectivity index (χ1n) is 8.11. The van der Waals surface area contributed by atoms with Crippen LogP contribution in [0.1, 0.15) is 11.4 Å². The van der Waals surface area contributed by atoms with Crippen LogP contribution in [0.4, 0.5) is 0 Å². The fourth-order valence-corrected chi connectivity index (χ4v) is 3.14. The van der Waals surface area contributed by atoms with Gasteiger partial charge in [0.15, 0.2) is 11.5 Å². The molecule has 0 spiro atoms. The standard InChI is InChI=1S/C19H13Cl2N5O/c20-14-6-5-13(16(21)9-14)10-22-18(27)8-7-17-24-25-19-15-4-2-1-3-12(15)11-23-26(17)19/h1-9,11H,10H2,(H,22,27)/b8-7+. The van der Waals surface area contributed by atoms with E-state index in [1.54, 1.807) is 35.0 Å². The maximum atomic E-state index is 12.1. The number of halogens is 2. The second-order valence-electron chi connectivity index (χ2n) is 5.81. The Balaban J connectivity index is 1.50. The number of fused-ring (bicyclic) bond motifs is 3. The maximum absolute atomic E-state index is 12.1. The summed E-state index contributed by atoms with van der Waals surface area (Å²) >= 11 is 12.0. The highest BCUT2D eigenvalue weighted by Crippen LogP contribution is 2.21. The van der Waals surface area contributed by atoms with Crippen molar-refractivity contribution in [2.75, 3.05) is 0 Å². The molecule has 4 rings (SSSR count). The lowest BCUT2D eigenvalue weighted by Crippen LogP contribution is -2.20. The van der Waals surface area contributed by atoms with Crippen LogP contribution in [0.2, 0.25) is 10.0 Å². The van der Waals surface area contributed by atoms with Crippen molar-refractivity contribution in [3.63, 3.8) is 0 Å². The highest BCUT2D eigenvalue weighted by atomic mass is 35.5. The van der Waals surface area contributed by atoms with Crippen molar-refractivity contribution in [1.82, 2.24) is 25.1 Å². The van der Waals surface area contributed by atoms with Crippen molar-refractivity contribution in [2.45, 2.75) is 6.54 Å². The first-order chi connectivity index (χ1) is 13.1. The number of carbonyl (C=O) groups is 1. The van der Waals surface area contributed by atoms with Crippen molar-refractivity contribution in [3.05, 3.63) is 76.2 Å². The quantitative estimate of drug-likeness (QED) is 0.529. The van der Waals surface area contributed by atoms with Gasteiger partial charge in [0, 0.05) is 33.4 Å². The average molecular weight is 398 g/mol. The van der Waals surface area contributed by atoms with E-state index in [-0.39, 0.29) is 5.91 Å². The van der Waals surface area contributed by atoms with Crippen LogP contribution >= 0.6 is 23.2 Å². The Morgan fingerprint density at radius 3 is 2.85 bits per heavy atom. The molecule has 0 saturated heterocycles. The summed E-state index contributed by atoms with van der Waals surface area (Å²) in [6.45, 7) is 0.294. The monoisotopic (exact) mass is 397 g/mol. The minimum Gasteiger partial charge on any atom is -0.348 e. The lowest BCUT2D eigenvalue weighted by molar-refractivity contribution is -0.116. The number of aromatic nitrogens is 4. The van der Waals surface area contributed by atoms with Gasteiger partial charge in [-0.25, -0.2) is 0 Å². The maximum Gasteiger partial charge on any atom is 0.244 e. The van der Waals surface area contributed by atoms with Crippen LogP contribution in [0.15, 0.2) is 54.7 Å². The molecule has 0 unspecified atom stereocenters. The Hall–Kier alpha value is -2.96. The van der Waals surface area contributed by atoms with E-state index in [1.807, 2.05) is 24.3 Å². The third kappa shape index (κ3) is 3.63. The Bertz CT molecular complexity index is 1190. The molecule has 0 atom stereocenters. The largest absolute Gasteiger partial charge is 0.348 e. The number of carbonyl (C=O) groups excluding carboxylic acids is 1. The number of nitrogens with zero attached hydrogens (tertiary/aromatic N) is 4. The number of nitrogens with one attached hydrogen (secondary N) is 1. The van der Waals surface area contributed by atoms with Gasteiger partial charge in [0.05, 0.1) is 6.20 Å². The molecular weight excluding hydrogens is 385 g/mol. The van der Waals surface area contributed by atoms with Crippen LogP contribution in [0.25, 0.3) is 22.5 Å². The van der Waals surface area contributed by atoms with Gasteiger partial charge in [-0.2, -0.15) is 9.61 Å². The Labute approximate surface area is 164 Å². The van der Waals surface area contributed by atoms with Crippen LogP contribution in [-0.2, 0) is 11.3 Å². The third-order valence-electron chi connectivity index (χ3n) is 4.03. The van der Waals surface area contributed by atoms with Gasteiger partial charge < -0.3 is 5.32 Å². The topological polar surface area (TPSA) is 72.2 Å². The van der Waals surface area contributed by atoms with Gasteiger partial charge in [0.2, 0.25) is 5.91 Å². The molecule has 8 heteroatoms. The molecule has 134 valence electrons. The van der Waals surface area contributed by atoms with Gasteiger partial charge >= 0.3 is 0 Å². The lowest BCUT2D eigenvalue weighted by atomic mass is 10.2. The van der Waals surface area contributed by atoms with Gasteiger partial charge in [-0.05, 0) is 23.8 Å². The summed E-state index contributed by atoms with van der Waals surface area (Å²) in [5, 5.41) is 18.4. The van der Waals surface area contributed by atoms with Crippen LogP contribution in [0, 0.1) is 0 Å². The third-order valence-corrected chi connectivity index (χ3v) is 4.62. The second-order valence-corrected chi connectivity index (χ2v) is 6.66. The molecule has 2 heterocycles. The summed E-state index contributed by atoms with van der Waals surface area (Å²) in [4.78, 5) is 12.1. The molecule has 4 aromatic rings. The van der Waals surface area contributed by atoms with Crippen molar-refractivity contribution in [1.29, 1.82) is 0 Å². The number of rotatable bonds is 4. The smallest absolute Gasteiger partial charge is 0.244 e. The second kappa shape index (κ2) is 7.34. The number of hydrogen-bond donors (Lipinski definition) is 1. The van der Waals surface area contributed by atoms with Crippen molar-refractivity contribution >= 4 is 51.6 Å². The molecule has 0 fully saturated rings. The highest BCUT2D eigenvalue weighted by Gasteiger charge is 2.08. The van der Waals surface area contributed by atoms with Gasteiger partial charge in [-0.3, -0.25) is 4.79 Å². The summed E-state index contributed by atoms with van der Waals surface area (Å²) in [5.41, 5.74) is 1.42. The van der Waals surface area contributed by atoms with E-state index >= 15 is 0 Å². The number of hydrogen-bond acceptors (Lipinski definition) is 4. The fourth-order valence-electron chi connectivity index (χ4n) is 2.67. The predicted octanol–water partition coefficient (Wildman–Crippen LogP) is 3.91. The normalized spacial score (nSPS) is 11.5. The summed E-state index contributed by atoms with van der Waals surface area (Å²) in [6.07, 6.45) is 4.70. The minimum absolute atomic E-state index is 0.279. The molecule has 2 aromatic carbocycles. The summed E-state index contributed by atoms with van der Waals surface area (Å²) in [5.74, 6) is 0.189. The van der Waals surface area contributed by atoms with Crippen LogP contribution < -0.4 is 5.32 Å². The first kappa shape index (κ1) is 17.5. The highest BCUT2D eigenvalue weighted by molar-refractivity contribution is 6.35. The van der Waals surface area contributed by atoms with E-state index in [0.717, 1.165) is 16.3 Å². The Kier molecular flexibility index (Phi) is 4.75. The molecule has 0 radical (unpaired) electrons. The molecule has 0 saturated carbocycles. The van der Waals surface area contributed by atoms with E-state index in [0.29, 0.717) is 28.1 Å². The van der Waals surface area contributed by atoms with Crippen LogP contribution in [0.5, 0.6) is 0 Å². The molecule has 6 nitrogen and oxygen atoms in total. The van der Waals surface area contributed by atoms with E-state index in [1.165, 1.54) is 6.08 Å². The Morgan fingerprint density at radius 2 is 2.00 bits per heavy atom. The van der Waals surface area contributed by atoms with Crippen molar-refractivity contribution in [2.24, 2.45) is 0 Å². The zero-order valence-corrected chi connectivity index (χ0v) is 15.4. The van der Waals surface area contributed by atoms with Gasteiger partial charge in [-0.1, -0.05) is 53.5 Å². The van der Waals surface area contributed by atoms with E-state index in [9.17, 15) is 4.79 Å². The fraction of sp³-hybridized carbons (Fsp3) is 0.0526. The van der Waals surface area contributed by atoms with Crippen LogP contribution in [-0.4, -0.2) is 25.7 Å². The zero-order valence-electron chi connectivity index (χ0n) is 13.9. The molecule has 0 bridgehead atoms. The van der Waals surface area contributed by atoms with Gasteiger partial charge in [0.1, 0.15) is 0 Å². The summed E-state index contributed by atoms with van der Waals surface area (Å²) < 4.78 is 1.60. The average Bonchev–Trinajstić information content (AvgIpc) is 3.09. The molecule has 0 aliphatic rings. The molecule has 27 heavy (non-hydrogen) atoms. The summed E-state index contributed by atoms with van der Waals surface area (Å²) in [7, 11) is 0. The predicted molar refractivity (Wildman–Crippen MR) is 106 cm³/mol.